The van der Waals surface area contributed by atoms with Gasteiger partial charge in [0, 0.05) is 17.4 Å². The number of aryl methyl sites for hydroxylation is 3. The number of nitrogens with zero attached hydrogens (tertiary/aromatic N) is 2. The predicted molar refractivity (Wildman–Crippen MR) is 123 cm³/mol. The molecule has 1 aromatic heterocycles. The summed E-state index contributed by atoms with van der Waals surface area (Å²) in [6.45, 7) is 5.71. The molecule has 2 heterocycles. The maximum Gasteiger partial charge on any atom is 0.300 e. The van der Waals surface area contributed by atoms with E-state index in [4.69, 9.17) is 4.74 Å². The topological polar surface area (TPSA) is 79.7 Å². The van der Waals surface area contributed by atoms with Crippen LogP contribution in [-0.4, -0.2) is 28.9 Å². The Morgan fingerprint density at radius 1 is 1.00 bits per heavy atom. The fourth-order valence-corrected chi connectivity index (χ4v) is 4.19. The molecule has 1 aliphatic rings. The minimum absolute atomic E-state index is 0.0115. The number of carbonyl (C=O) groups excluding carboxylic acids is 2. The van der Waals surface area contributed by atoms with Gasteiger partial charge in [-0.3, -0.25) is 19.5 Å². The second kappa shape index (κ2) is 8.30. The third-order valence-electron chi connectivity index (χ3n) is 5.57. The summed E-state index contributed by atoms with van der Waals surface area (Å²) in [7, 11) is 1.57. The number of aromatic nitrogens is 1. The summed E-state index contributed by atoms with van der Waals surface area (Å²) < 4.78 is 5.29. The predicted octanol–water partition coefficient (Wildman–Crippen LogP) is 4.64. The molecule has 0 aliphatic carbocycles. The number of methoxy groups -OCH3 is 1. The molecular formula is C26H24N2O4. The van der Waals surface area contributed by atoms with Crippen LogP contribution in [0.15, 0.2) is 66.4 Å². The largest absolute Gasteiger partial charge is 0.507 e. The summed E-state index contributed by atoms with van der Waals surface area (Å²) >= 11 is 0. The van der Waals surface area contributed by atoms with Crippen LogP contribution in [0, 0.1) is 20.8 Å². The molecule has 1 atom stereocenters. The van der Waals surface area contributed by atoms with Gasteiger partial charge in [-0.25, -0.2) is 0 Å². The van der Waals surface area contributed by atoms with E-state index >= 15 is 0 Å². The molecule has 2 aromatic carbocycles. The highest BCUT2D eigenvalue weighted by Crippen LogP contribution is 2.42. The van der Waals surface area contributed by atoms with Crippen molar-refractivity contribution in [3.8, 4) is 5.75 Å². The molecule has 0 saturated carbocycles. The number of ketones is 1. The van der Waals surface area contributed by atoms with E-state index in [9.17, 15) is 14.7 Å². The highest BCUT2D eigenvalue weighted by molar-refractivity contribution is 6.51. The van der Waals surface area contributed by atoms with Crippen LogP contribution in [0.1, 0.15) is 34.0 Å². The fraction of sp³-hybridized carbons (Fsp3) is 0.192. The first-order valence-electron chi connectivity index (χ1n) is 10.3. The Kier molecular flexibility index (Phi) is 5.53. The third-order valence-corrected chi connectivity index (χ3v) is 5.57. The van der Waals surface area contributed by atoms with Crippen molar-refractivity contribution in [1.82, 2.24) is 4.98 Å². The quantitative estimate of drug-likeness (QED) is 0.372. The molecule has 6 nitrogen and oxygen atoms in total. The molecule has 32 heavy (non-hydrogen) atoms. The Morgan fingerprint density at radius 2 is 1.72 bits per heavy atom. The van der Waals surface area contributed by atoms with E-state index < -0.39 is 17.7 Å². The van der Waals surface area contributed by atoms with Gasteiger partial charge in [0.2, 0.25) is 0 Å². The third kappa shape index (κ3) is 3.64. The van der Waals surface area contributed by atoms with Crippen LogP contribution in [0.2, 0.25) is 0 Å². The first kappa shape index (κ1) is 21.3. The lowest BCUT2D eigenvalue weighted by molar-refractivity contribution is -0.132. The van der Waals surface area contributed by atoms with Crippen LogP contribution in [0.3, 0.4) is 0 Å². The first-order valence-corrected chi connectivity index (χ1v) is 10.3. The maximum absolute atomic E-state index is 13.2. The number of benzene rings is 2. The Morgan fingerprint density at radius 3 is 2.31 bits per heavy atom. The molecule has 4 rings (SSSR count). The highest BCUT2D eigenvalue weighted by Gasteiger charge is 2.47. The lowest BCUT2D eigenvalue weighted by Gasteiger charge is -2.25. The van der Waals surface area contributed by atoms with E-state index in [0.717, 1.165) is 16.7 Å². The number of Topliss-reactive ketones (excluding diaryl/α,β-unsaturated/α-hetero) is 1. The minimum Gasteiger partial charge on any atom is -0.507 e. The average Bonchev–Trinajstić information content (AvgIpc) is 3.04. The summed E-state index contributed by atoms with van der Waals surface area (Å²) in [6.07, 6.45) is 1.61. The zero-order valence-corrected chi connectivity index (χ0v) is 18.4. The second-order valence-electron chi connectivity index (χ2n) is 7.95. The SMILES string of the molecule is COc1ccc(/C(O)=C2/C(=O)C(=O)N(c3cc(C)cc(C)c3)C2c2ccccn2)cc1C. The summed E-state index contributed by atoms with van der Waals surface area (Å²) in [4.78, 5) is 32.2. The van der Waals surface area contributed by atoms with Gasteiger partial charge < -0.3 is 9.84 Å². The average molecular weight is 428 g/mol. The Labute approximate surface area is 186 Å². The number of hydrogen-bond donors (Lipinski definition) is 1. The molecule has 3 aromatic rings. The number of amides is 1. The fourth-order valence-electron chi connectivity index (χ4n) is 4.19. The number of rotatable bonds is 4. The van der Waals surface area contributed by atoms with Crippen molar-refractivity contribution >= 4 is 23.1 Å². The van der Waals surface area contributed by atoms with Gasteiger partial charge >= 0.3 is 0 Å². The van der Waals surface area contributed by atoms with Gasteiger partial charge in [0.05, 0.1) is 18.4 Å². The number of hydrogen-bond acceptors (Lipinski definition) is 5. The van der Waals surface area contributed by atoms with Crippen LogP contribution in [-0.2, 0) is 9.59 Å². The molecular weight excluding hydrogens is 404 g/mol. The highest BCUT2D eigenvalue weighted by atomic mass is 16.5. The standard InChI is InChI=1S/C26H24N2O4/c1-15-11-16(2)13-19(12-15)28-23(20-7-5-6-10-27-20)22(25(30)26(28)31)24(29)18-8-9-21(32-4)17(3)14-18/h5-14,23,29H,1-4H3/b24-22-. The van der Waals surface area contributed by atoms with Crippen LogP contribution in [0.25, 0.3) is 5.76 Å². The van der Waals surface area contributed by atoms with Gasteiger partial charge in [0.1, 0.15) is 17.6 Å². The van der Waals surface area contributed by atoms with E-state index in [2.05, 4.69) is 4.98 Å². The molecule has 6 heteroatoms. The molecule has 1 saturated heterocycles. The second-order valence-corrected chi connectivity index (χ2v) is 7.95. The van der Waals surface area contributed by atoms with E-state index in [1.54, 1.807) is 49.7 Å². The number of ether oxygens (including phenoxy) is 1. The van der Waals surface area contributed by atoms with Gasteiger partial charge in [-0.05, 0) is 79.9 Å². The Balaban J connectivity index is 1.95. The van der Waals surface area contributed by atoms with E-state index in [1.165, 1.54) is 4.90 Å². The van der Waals surface area contributed by atoms with Gasteiger partial charge in [-0.15, -0.1) is 0 Å². The van der Waals surface area contributed by atoms with Crippen molar-refractivity contribution in [2.75, 3.05) is 12.0 Å². The minimum atomic E-state index is -0.847. The Hall–Kier alpha value is -3.93. The summed E-state index contributed by atoms with van der Waals surface area (Å²) in [5.74, 6) is -1.02. The van der Waals surface area contributed by atoms with Crippen LogP contribution >= 0.6 is 0 Å². The van der Waals surface area contributed by atoms with Crippen LogP contribution < -0.4 is 9.64 Å². The molecule has 1 aliphatic heterocycles. The number of anilines is 1. The van der Waals surface area contributed by atoms with Crippen molar-refractivity contribution in [3.63, 3.8) is 0 Å². The Bertz CT molecular complexity index is 1230. The van der Waals surface area contributed by atoms with Crippen LogP contribution in [0.5, 0.6) is 5.75 Å². The maximum atomic E-state index is 13.2. The van der Waals surface area contributed by atoms with Gasteiger partial charge in [-0.2, -0.15) is 0 Å². The number of aliphatic hydroxyl groups excluding tert-OH is 1. The number of pyridine rings is 1. The molecule has 0 bridgehead atoms. The normalized spacial score (nSPS) is 17.6. The number of carbonyl (C=O) groups is 2. The van der Waals surface area contributed by atoms with Crippen LogP contribution in [0.4, 0.5) is 5.69 Å². The molecule has 1 N–H and O–H groups in total. The smallest absolute Gasteiger partial charge is 0.300 e. The van der Waals surface area contributed by atoms with Crippen molar-refractivity contribution in [1.29, 1.82) is 0 Å². The van der Waals surface area contributed by atoms with Gasteiger partial charge in [-0.1, -0.05) is 12.1 Å². The molecule has 1 unspecified atom stereocenters. The van der Waals surface area contributed by atoms with Crippen molar-refractivity contribution in [2.24, 2.45) is 0 Å². The summed E-state index contributed by atoms with van der Waals surface area (Å²) in [5, 5.41) is 11.2. The lowest BCUT2D eigenvalue weighted by atomic mass is 9.97. The van der Waals surface area contributed by atoms with Crippen molar-refractivity contribution in [3.05, 3.63) is 94.3 Å². The first-order chi connectivity index (χ1) is 15.3. The number of aliphatic hydroxyl groups is 1. The van der Waals surface area contributed by atoms with Gasteiger partial charge in [0.25, 0.3) is 11.7 Å². The zero-order valence-electron chi connectivity index (χ0n) is 18.4. The zero-order chi connectivity index (χ0) is 23.0. The molecule has 1 fully saturated rings. The molecule has 0 spiro atoms. The molecule has 0 radical (unpaired) electrons. The van der Waals surface area contributed by atoms with E-state index in [1.807, 2.05) is 39.0 Å². The molecule has 1 amide bonds. The van der Waals surface area contributed by atoms with Crippen molar-refractivity contribution in [2.45, 2.75) is 26.8 Å². The van der Waals surface area contributed by atoms with E-state index in [-0.39, 0.29) is 11.3 Å². The van der Waals surface area contributed by atoms with Gasteiger partial charge in [0.15, 0.2) is 0 Å². The summed E-state index contributed by atoms with van der Waals surface area (Å²) in [5.41, 5.74) is 4.26. The lowest BCUT2D eigenvalue weighted by Crippen LogP contribution is -2.30. The molecule has 162 valence electrons. The van der Waals surface area contributed by atoms with E-state index in [0.29, 0.717) is 22.7 Å². The van der Waals surface area contributed by atoms with Crippen molar-refractivity contribution < 1.29 is 19.4 Å². The summed E-state index contributed by atoms with van der Waals surface area (Å²) in [6, 6.07) is 15.3. The monoisotopic (exact) mass is 428 g/mol.